The average molecular weight is 354 g/mol. The summed E-state index contributed by atoms with van der Waals surface area (Å²) in [5.41, 5.74) is 3.71. The number of ether oxygens (including phenoxy) is 2. The molecule has 0 amide bonds. The molecule has 1 aromatic carbocycles. The SMILES string of the molecule is COc1ccc2c(c1)C=C(CC1CN3OC(=O)/C=C/C(=O)OC3=N1)CC2. The van der Waals surface area contributed by atoms with Crippen LogP contribution in [0.2, 0.25) is 0 Å². The molecule has 26 heavy (non-hydrogen) atoms. The van der Waals surface area contributed by atoms with Crippen LogP contribution in [0.5, 0.6) is 5.75 Å². The molecular formula is C19H18N2O5. The lowest BCUT2D eigenvalue weighted by Gasteiger charge is -2.20. The third kappa shape index (κ3) is 3.33. The fraction of sp³-hybridized carbons (Fsp3) is 0.316. The van der Waals surface area contributed by atoms with E-state index in [1.165, 1.54) is 16.2 Å². The van der Waals surface area contributed by atoms with Crippen LogP contribution >= 0.6 is 0 Å². The number of amidine groups is 1. The standard InChI is InChI=1S/C19H18N2O5/c1-24-16-5-4-13-3-2-12(8-14(13)10-16)9-15-11-21-19(20-15)25-17(22)6-7-18(23)26-21/h4-8,10,15H,2-3,9,11H2,1H3/b7-6+. The van der Waals surface area contributed by atoms with E-state index < -0.39 is 11.9 Å². The number of hydrogen-bond acceptors (Lipinski definition) is 7. The number of hydroxylamine groups is 2. The molecule has 1 aliphatic carbocycles. The van der Waals surface area contributed by atoms with Gasteiger partial charge in [0.1, 0.15) is 5.75 Å². The molecule has 0 aromatic heterocycles. The highest BCUT2D eigenvalue weighted by Gasteiger charge is 2.32. The molecule has 3 aliphatic rings. The smallest absolute Gasteiger partial charge is 0.356 e. The zero-order valence-corrected chi connectivity index (χ0v) is 14.3. The van der Waals surface area contributed by atoms with Crippen LogP contribution in [0.1, 0.15) is 24.0 Å². The minimum Gasteiger partial charge on any atom is -0.497 e. The van der Waals surface area contributed by atoms with E-state index >= 15 is 0 Å². The van der Waals surface area contributed by atoms with Gasteiger partial charge in [0, 0.05) is 12.2 Å². The molecule has 134 valence electrons. The van der Waals surface area contributed by atoms with Gasteiger partial charge in [-0.3, -0.25) is 0 Å². The monoisotopic (exact) mass is 354 g/mol. The maximum absolute atomic E-state index is 11.6. The molecule has 0 spiro atoms. The Balaban J connectivity index is 1.50. The quantitative estimate of drug-likeness (QED) is 0.773. The summed E-state index contributed by atoms with van der Waals surface area (Å²) in [6.45, 7) is 0.366. The van der Waals surface area contributed by atoms with Crippen LogP contribution < -0.4 is 4.74 Å². The van der Waals surface area contributed by atoms with Crippen molar-refractivity contribution in [1.29, 1.82) is 0 Å². The predicted molar refractivity (Wildman–Crippen MR) is 93.2 cm³/mol. The maximum atomic E-state index is 11.6. The molecule has 1 unspecified atom stereocenters. The number of aryl methyl sites for hydroxylation is 1. The summed E-state index contributed by atoms with van der Waals surface area (Å²) in [5.74, 6) is -0.421. The fourth-order valence-corrected chi connectivity index (χ4v) is 3.31. The Labute approximate surface area is 150 Å². The second-order valence-corrected chi connectivity index (χ2v) is 6.36. The van der Waals surface area contributed by atoms with E-state index in [1.54, 1.807) is 7.11 Å². The van der Waals surface area contributed by atoms with E-state index in [0.717, 1.165) is 36.3 Å². The van der Waals surface area contributed by atoms with Gasteiger partial charge in [0.2, 0.25) is 0 Å². The lowest BCUT2D eigenvalue weighted by atomic mass is 9.89. The Morgan fingerprint density at radius 3 is 2.92 bits per heavy atom. The van der Waals surface area contributed by atoms with Crippen LogP contribution in [0, 0.1) is 0 Å². The normalized spacial score (nSPS) is 22.8. The lowest BCUT2D eigenvalue weighted by Crippen LogP contribution is -2.35. The first kappa shape index (κ1) is 16.4. The predicted octanol–water partition coefficient (Wildman–Crippen LogP) is 2.03. The number of rotatable bonds is 3. The van der Waals surface area contributed by atoms with E-state index in [0.29, 0.717) is 13.0 Å². The number of benzene rings is 1. The van der Waals surface area contributed by atoms with Crippen molar-refractivity contribution >= 4 is 24.0 Å². The highest BCUT2D eigenvalue weighted by atomic mass is 16.7. The molecule has 2 aliphatic heterocycles. The summed E-state index contributed by atoms with van der Waals surface area (Å²) in [6, 6.07) is 6.00. The number of carbonyl (C=O) groups excluding carboxylic acids is 2. The van der Waals surface area contributed by atoms with E-state index in [9.17, 15) is 9.59 Å². The summed E-state index contributed by atoms with van der Waals surface area (Å²) in [6.07, 6.45) is 6.86. The fourth-order valence-electron chi connectivity index (χ4n) is 3.31. The molecule has 1 atom stereocenters. The minimum absolute atomic E-state index is 0.0381. The van der Waals surface area contributed by atoms with Crippen molar-refractivity contribution in [3.63, 3.8) is 0 Å². The molecule has 2 heterocycles. The Morgan fingerprint density at radius 1 is 1.23 bits per heavy atom. The summed E-state index contributed by atoms with van der Waals surface area (Å²) in [5, 5.41) is 1.24. The average Bonchev–Trinajstić information content (AvgIpc) is 2.98. The maximum Gasteiger partial charge on any atom is 0.356 e. The summed E-state index contributed by atoms with van der Waals surface area (Å²) >= 11 is 0. The molecule has 0 N–H and O–H groups in total. The molecule has 0 saturated carbocycles. The first-order chi connectivity index (χ1) is 12.6. The Kier molecular flexibility index (Phi) is 4.20. The molecular weight excluding hydrogens is 336 g/mol. The minimum atomic E-state index is -0.635. The van der Waals surface area contributed by atoms with Gasteiger partial charge in [0.25, 0.3) is 0 Å². The van der Waals surface area contributed by atoms with Crippen LogP contribution in [-0.4, -0.2) is 42.7 Å². The Bertz CT molecular complexity index is 855. The van der Waals surface area contributed by atoms with Crippen LogP contribution in [0.25, 0.3) is 6.08 Å². The molecule has 0 bridgehead atoms. The van der Waals surface area contributed by atoms with Crippen molar-refractivity contribution in [2.45, 2.75) is 25.3 Å². The Hall–Kier alpha value is -3.09. The number of fused-ring (bicyclic) bond motifs is 2. The number of aliphatic imine (C=N–C) groups is 1. The van der Waals surface area contributed by atoms with Crippen molar-refractivity contribution in [1.82, 2.24) is 5.06 Å². The van der Waals surface area contributed by atoms with Crippen LogP contribution in [0.3, 0.4) is 0 Å². The highest BCUT2D eigenvalue weighted by molar-refractivity contribution is 5.99. The zero-order valence-electron chi connectivity index (χ0n) is 14.3. The van der Waals surface area contributed by atoms with Gasteiger partial charge in [-0.2, -0.15) is 5.06 Å². The van der Waals surface area contributed by atoms with Gasteiger partial charge in [-0.15, -0.1) is 0 Å². The van der Waals surface area contributed by atoms with E-state index in [-0.39, 0.29) is 12.1 Å². The second kappa shape index (κ2) is 6.67. The van der Waals surface area contributed by atoms with Gasteiger partial charge >= 0.3 is 18.0 Å². The van der Waals surface area contributed by atoms with Crippen LogP contribution in [-0.2, 0) is 25.6 Å². The molecule has 7 heteroatoms. The van der Waals surface area contributed by atoms with Gasteiger partial charge in [0.05, 0.1) is 19.7 Å². The number of nitrogens with zero attached hydrogens (tertiary/aromatic N) is 2. The molecule has 0 fully saturated rings. The Morgan fingerprint density at radius 2 is 2.08 bits per heavy atom. The second-order valence-electron chi connectivity index (χ2n) is 6.36. The molecule has 4 rings (SSSR count). The van der Waals surface area contributed by atoms with Gasteiger partial charge in [0.15, 0.2) is 0 Å². The van der Waals surface area contributed by atoms with Crippen LogP contribution in [0.15, 0.2) is 40.9 Å². The highest BCUT2D eigenvalue weighted by Crippen LogP contribution is 2.30. The summed E-state index contributed by atoms with van der Waals surface area (Å²) in [7, 11) is 1.66. The van der Waals surface area contributed by atoms with Gasteiger partial charge in [-0.25, -0.2) is 14.6 Å². The number of carbonyl (C=O) groups is 2. The molecule has 0 radical (unpaired) electrons. The third-order valence-electron chi connectivity index (χ3n) is 4.56. The zero-order chi connectivity index (χ0) is 18.1. The summed E-state index contributed by atoms with van der Waals surface area (Å²) < 4.78 is 10.4. The van der Waals surface area contributed by atoms with Crippen molar-refractivity contribution in [3.8, 4) is 5.75 Å². The van der Waals surface area contributed by atoms with Gasteiger partial charge < -0.3 is 14.3 Å². The third-order valence-corrected chi connectivity index (χ3v) is 4.56. The lowest BCUT2D eigenvalue weighted by molar-refractivity contribution is -0.171. The van der Waals surface area contributed by atoms with E-state index in [2.05, 4.69) is 17.1 Å². The van der Waals surface area contributed by atoms with Gasteiger partial charge in [-0.1, -0.05) is 17.7 Å². The first-order valence-electron chi connectivity index (χ1n) is 8.44. The summed E-state index contributed by atoms with van der Waals surface area (Å²) in [4.78, 5) is 32.7. The molecule has 7 nitrogen and oxygen atoms in total. The van der Waals surface area contributed by atoms with Crippen molar-refractivity contribution in [3.05, 3.63) is 47.1 Å². The van der Waals surface area contributed by atoms with Gasteiger partial charge in [-0.05, 0) is 42.5 Å². The van der Waals surface area contributed by atoms with E-state index in [1.807, 2.05) is 12.1 Å². The van der Waals surface area contributed by atoms with Crippen molar-refractivity contribution in [2.24, 2.45) is 4.99 Å². The number of hydrogen-bond donors (Lipinski definition) is 0. The molecule has 0 saturated heterocycles. The van der Waals surface area contributed by atoms with E-state index in [4.69, 9.17) is 14.3 Å². The van der Waals surface area contributed by atoms with Crippen molar-refractivity contribution in [2.75, 3.05) is 13.7 Å². The number of esters is 1. The largest absolute Gasteiger partial charge is 0.497 e. The van der Waals surface area contributed by atoms with Crippen LogP contribution in [0.4, 0.5) is 0 Å². The first-order valence-corrected chi connectivity index (χ1v) is 8.44. The van der Waals surface area contributed by atoms with Crippen molar-refractivity contribution < 1.29 is 23.9 Å². The number of methoxy groups -OCH3 is 1. The topological polar surface area (TPSA) is 77.4 Å². The molecule has 1 aromatic rings.